The maximum absolute atomic E-state index is 16.6. The summed E-state index contributed by atoms with van der Waals surface area (Å²) in [7, 11) is 3.72. The van der Waals surface area contributed by atoms with Crippen molar-refractivity contribution in [1.29, 1.82) is 0 Å². The molecule has 4 rings (SSSR count). The number of carboxylic acid groups (broad SMARTS) is 1. The quantitative estimate of drug-likeness (QED) is 0.277. The summed E-state index contributed by atoms with van der Waals surface area (Å²) in [6.45, 7) is 3.53. The lowest BCUT2D eigenvalue weighted by atomic mass is 9.75. The van der Waals surface area contributed by atoms with Crippen LogP contribution < -0.4 is 0 Å². The van der Waals surface area contributed by atoms with Gasteiger partial charge in [0.05, 0.1) is 6.10 Å². The minimum Gasteiger partial charge on any atom is -0.480 e. The third-order valence-electron chi connectivity index (χ3n) is 9.17. The van der Waals surface area contributed by atoms with Gasteiger partial charge >= 0.3 is 12.3 Å². The van der Waals surface area contributed by atoms with Crippen LogP contribution in [0, 0.1) is 6.92 Å². The van der Waals surface area contributed by atoms with Crippen LogP contribution in [0.2, 0.25) is 5.02 Å². The number of alkyl halides is 4. The van der Waals surface area contributed by atoms with Gasteiger partial charge < -0.3 is 10.0 Å². The van der Waals surface area contributed by atoms with Gasteiger partial charge in [-0.25, -0.2) is 4.39 Å². The first-order valence-electron chi connectivity index (χ1n) is 14.7. The van der Waals surface area contributed by atoms with Crippen LogP contribution >= 0.6 is 11.6 Å². The lowest BCUT2D eigenvalue weighted by Crippen LogP contribution is -2.44. The van der Waals surface area contributed by atoms with Crippen molar-refractivity contribution in [3.8, 4) is 0 Å². The molecule has 5 nitrogen and oxygen atoms in total. The van der Waals surface area contributed by atoms with Crippen LogP contribution in [0.3, 0.4) is 0 Å². The second-order valence-corrected chi connectivity index (χ2v) is 12.5. The normalized spacial score (nSPS) is 23.1. The molecule has 1 saturated heterocycles. The number of likely N-dealkylation sites (tertiary alicyclic amines) is 1. The fourth-order valence-corrected chi connectivity index (χ4v) is 7.16. The molecule has 1 aliphatic heterocycles. The van der Waals surface area contributed by atoms with Crippen molar-refractivity contribution in [3.63, 3.8) is 0 Å². The smallest absolute Gasteiger partial charge is 0.480 e. The standard InChI is InChI=1S/C32H41ClF4N2O3/c1-21-6-4-9-26(28(21)22-10-12-25(13-11-22)42-32(35,36)37)29(30(40)41)39(3)17-14-27(23-7-5-8-24(33)20-23)31(34)15-18-38(2)19-16-31/h4-9,20,22,25,27,29H,10-19H2,1-3H3,(H,40,41)/t22?,25?,27-,29+/m1/s1. The average molecular weight is 613 g/mol. The molecule has 1 saturated carbocycles. The first-order chi connectivity index (χ1) is 19.8. The van der Waals surface area contributed by atoms with E-state index in [0.29, 0.717) is 62.3 Å². The predicted octanol–water partition coefficient (Wildman–Crippen LogP) is 7.88. The molecule has 0 radical (unpaired) electrons. The number of hydrogen-bond acceptors (Lipinski definition) is 4. The molecule has 1 aliphatic carbocycles. The van der Waals surface area contributed by atoms with Gasteiger partial charge in [0, 0.05) is 24.0 Å². The van der Waals surface area contributed by atoms with Crippen LogP contribution in [-0.4, -0.2) is 72.7 Å². The minimum atomic E-state index is -4.67. The molecule has 0 unspecified atom stereocenters. The molecule has 1 heterocycles. The van der Waals surface area contributed by atoms with Crippen molar-refractivity contribution in [2.75, 3.05) is 33.7 Å². The summed E-state index contributed by atoms with van der Waals surface area (Å²) in [5.74, 6) is -1.55. The van der Waals surface area contributed by atoms with Crippen molar-refractivity contribution in [2.24, 2.45) is 0 Å². The van der Waals surface area contributed by atoms with E-state index in [-0.39, 0.29) is 18.8 Å². The lowest BCUT2D eigenvalue weighted by Gasteiger charge is -2.41. The number of ether oxygens (including phenoxy) is 1. The molecule has 0 aromatic heterocycles. The summed E-state index contributed by atoms with van der Waals surface area (Å²) in [4.78, 5) is 16.6. The van der Waals surface area contributed by atoms with Gasteiger partial charge in [0.15, 0.2) is 0 Å². The first-order valence-corrected chi connectivity index (χ1v) is 15.0. The Hall–Kier alpha value is -2.20. The Kier molecular flexibility index (Phi) is 10.6. The maximum atomic E-state index is 16.6. The Morgan fingerprint density at radius 2 is 1.79 bits per heavy atom. The average Bonchev–Trinajstić information content (AvgIpc) is 2.90. The van der Waals surface area contributed by atoms with E-state index >= 15 is 4.39 Å². The highest BCUT2D eigenvalue weighted by atomic mass is 35.5. The molecule has 42 heavy (non-hydrogen) atoms. The molecule has 232 valence electrons. The second-order valence-electron chi connectivity index (χ2n) is 12.1. The van der Waals surface area contributed by atoms with Gasteiger partial charge in [-0.3, -0.25) is 14.4 Å². The molecule has 2 aliphatic rings. The first kappa shape index (κ1) is 32.7. The summed E-state index contributed by atoms with van der Waals surface area (Å²) in [5, 5.41) is 11.0. The van der Waals surface area contributed by atoms with E-state index in [1.165, 1.54) is 0 Å². The third kappa shape index (κ3) is 8.04. The van der Waals surface area contributed by atoms with Crippen molar-refractivity contribution >= 4 is 17.6 Å². The number of likely N-dealkylation sites (N-methyl/N-ethyl adjacent to an activating group) is 1. The van der Waals surface area contributed by atoms with Crippen LogP contribution in [0.1, 0.15) is 85.1 Å². The van der Waals surface area contributed by atoms with Gasteiger partial charge in [0.1, 0.15) is 11.7 Å². The Bertz CT molecular complexity index is 1210. The number of rotatable bonds is 10. The van der Waals surface area contributed by atoms with Crippen LogP contribution in [-0.2, 0) is 9.53 Å². The van der Waals surface area contributed by atoms with Crippen molar-refractivity contribution in [2.45, 2.75) is 87.9 Å². The number of hydrogen-bond donors (Lipinski definition) is 1. The predicted molar refractivity (Wildman–Crippen MR) is 156 cm³/mol. The van der Waals surface area contributed by atoms with Gasteiger partial charge in [0.2, 0.25) is 0 Å². The zero-order valence-electron chi connectivity index (χ0n) is 24.5. The van der Waals surface area contributed by atoms with E-state index < -0.39 is 36.1 Å². The summed E-state index contributed by atoms with van der Waals surface area (Å²) >= 11 is 6.30. The summed E-state index contributed by atoms with van der Waals surface area (Å²) in [6.07, 6.45) is -2.93. The molecule has 2 aromatic rings. The molecular weight excluding hydrogens is 572 g/mol. The Morgan fingerprint density at radius 3 is 2.38 bits per heavy atom. The zero-order chi connectivity index (χ0) is 30.7. The zero-order valence-corrected chi connectivity index (χ0v) is 25.2. The highest BCUT2D eigenvalue weighted by Crippen LogP contribution is 2.44. The molecule has 0 bridgehead atoms. The summed E-state index contributed by atoms with van der Waals surface area (Å²) < 4.78 is 59.1. The molecule has 0 spiro atoms. The number of carboxylic acids is 1. The fourth-order valence-electron chi connectivity index (χ4n) is 6.96. The van der Waals surface area contributed by atoms with E-state index in [9.17, 15) is 23.1 Å². The number of nitrogens with zero attached hydrogens (tertiary/aromatic N) is 2. The molecule has 10 heteroatoms. The van der Waals surface area contributed by atoms with E-state index in [1.807, 2.05) is 38.2 Å². The maximum Gasteiger partial charge on any atom is 0.522 e. The Morgan fingerprint density at radius 1 is 1.14 bits per heavy atom. The molecular formula is C32H41ClF4N2O3. The van der Waals surface area contributed by atoms with E-state index in [4.69, 9.17) is 11.6 Å². The van der Waals surface area contributed by atoms with Crippen molar-refractivity contribution in [3.05, 3.63) is 69.7 Å². The summed E-state index contributed by atoms with van der Waals surface area (Å²) in [6, 6.07) is 11.8. The van der Waals surface area contributed by atoms with Crippen molar-refractivity contribution < 1.29 is 32.2 Å². The van der Waals surface area contributed by atoms with Crippen LogP contribution in [0.25, 0.3) is 0 Å². The van der Waals surface area contributed by atoms with E-state index in [0.717, 1.165) is 16.7 Å². The van der Waals surface area contributed by atoms with E-state index in [1.54, 1.807) is 30.1 Å². The number of halogens is 5. The van der Waals surface area contributed by atoms with Gasteiger partial charge in [-0.2, -0.15) is 0 Å². The SMILES string of the molecule is Cc1cccc([C@@H](C(=O)O)N(C)CC[C@H](c2cccc(Cl)c2)C2(F)CCN(C)CC2)c1C1CCC(OC(F)(F)F)CC1. The number of piperidine rings is 1. The van der Waals surface area contributed by atoms with Gasteiger partial charge in [-0.15, -0.1) is 13.2 Å². The van der Waals surface area contributed by atoms with Crippen LogP contribution in [0.15, 0.2) is 42.5 Å². The molecule has 0 amide bonds. The van der Waals surface area contributed by atoms with Gasteiger partial charge in [-0.05, 0) is 113 Å². The van der Waals surface area contributed by atoms with E-state index in [2.05, 4.69) is 9.64 Å². The molecule has 2 aromatic carbocycles. The van der Waals surface area contributed by atoms with Crippen LogP contribution in [0.5, 0.6) is 0 Å². The largest absolute Gasteiger partial charge is 0.522 e. The molecule has 1 N–H and O–H groups in total. The second kappa shape index (κ2) is 13.6. The van der Waals surface area contributed by atoms with Crippen LogP contribution in [0.4, 0.5) is 17.6 Å². The summed E-state index contributed by atoms with van der Waals surface area (Å²) in [5.41, 5.74) is 1.80. The van der Waals surface area contributed by atoms with Gasteiger partial charge in [0.25, 0.3) is 0 Å². The number of carbonyl (C=O) groups is 1. The Balaban J connectivity index is 1.56. The number of aryl methyl sites for hydroxylation is 1. The lowest BCUT2D eigenvalue weighted by molar-refractivity contribution is -0.345. The Labute approximate surface area is 250 Å². The fraction of sp³-hybridized carbons (Fsp3) is 0.594. The monoisotopic (exact) mass is 612 g/mol. The highest BCUT2D eigenvalue weighted by Gasteiger charge is 2.43. The topological polar surface area (TPSA) is 53.0 Å². The third-order valence-corrected chi connectivity index (χ3v) is 9.41. The molecule has 2 atom stereocenters. The number of benzene rings is 2. The van der Waals surface area contributed by atoms with Crippen molar-refractivity contribution in [1.82, 2.24) is 9.80 Å². The van der Waals surface area contributed by atoms with Gasteiger partial charge in [-0.1, -0.05) is 41.9 Å². The molecule has 2 fully saturated rings. The highest BCUT2D eigenvalue weighted by molar-refractivity contribution is 6.30. The number of aliphatic carboxylic acids is 1. The minimum absolute atomic E-state index is 0.0721.